The first-order valence-electron chi connectivity index (χ1n) is 11.7. The van der Waals surface area contributed by atoms with Crippen molar-refractivity contribution in [1.29, 1.82) is 0 Å². The number of ketones is 2. The monoisotopic (exact) mass is 516 g/mol. The van der Waals surface area contributed by atoms with Crippen LogP contribution in [0, 0.1) is 11.6 Å². The summed E-state index contributed by atoms with van der Waals surface area (Å²) in [5, 5.41) is 0. The third-order valence-corrected chi connectivity index (χ3v) is 8.59. The van der Waals surface area contributed by atoms with Crippen LogP contribution in [0.25, 0.3) is 0 Å². The summed E-state index contributed by atoms with van der Waals surface area (Å²) in [6, 6.07) is 21.4. The summed E-state index contributed by atoms with van der Waals surface area (Å²) < 4.78 is 32.4. The standard InChI is InChI=1S/C30H22F2O2S2/c1-3-17-9-13-19(14-10-17)35-29-25(31)23-24(28(34)22-8-6-5-7-21(22)27(23)33)26(32)30(29)36-20-15-11-18(4-2)12-16-20/h5-16H,3-4H2,1-2H3. The van der Waals surface area contributed by atoms with Gasteiger partial charge in [-0.05, 0) is 48.2 Å². The predicted molar refractivity (Wildman–Crippen MR) is 140 cm³/mol. The number of aryl methyl sites for hydroxylation is 2. The Hall–Kier alpha value is -3.22. The molecule has 0 bridgehead atoms. The van der Waals surface area contributed by atoms with Crippen LogP contribution in [0.4, 0.5) is 8.78 Å². The highest BCUT2D eigenvalue weighted by molar-refractivity contribution is 8.02. The van der Waals surface area contributed by atoms with Gasteiger partial charge in [0.1, 0.15) is 11.6 Å². The van der Waals surface area contributed by atoms with Gasteiger partial charge in [-0.15, -0.1) is 0 Å². The van der Waals surface area contributed by atoms with Crippen molar-refractivity contribution in [3.8, 4) is 0 Å². The van der Waals surface area contributed by atoms with E-state index in [9.17, 15) is 9.59 Å². The smallest absolute Gasteiger partial charge is 0.197 e. The molecule has 0 heterocycles. The van der Waals surface area contributed by atoms with E-state index in [1.54, 1.807) is 12.1 Å². The van der Waals surface area contributed by atoms with Gasteiger partial charge in [0.05, 0.1) is 20.9 Å². The van der Waals surface area contributed by atoms with Gasteiger partial charge in [0, 0.05) is 20.9 Å². The van der Waals surface area contributed by atoms with Gasteiger partial charge >= 0.3 is 0 Å². The molecule has 6 heteroatoms. The van der Waals surface area contributed by atoms with Gasteiger partial charge in [-0.1, -0.05) is 85.9 Å². The minimum absolute atomic E-state index is 0.000553. The van der Waals surface area contributed by atoms with Crippen LogP contribution in [0.15, 0.2) is 92.4 Å². The molecule has 0 unspecified atom stereocenters. The molecule has 0 aromatic heterocycles. The third-order valence-electron chi connectivity index (χ3n) is 6.27. The molecule has 0 spiro atoms. The van der Waals surface area contributed by atoms with Crippen LogP contribution < -0.4 is 0 Å². The van der Waals surface area contributed by atoms with Crippen molar-refractivity contribution in [2.24, 2.45) is 0 Å². The fourth-order valence-corrected chi connectivity index (χ4v) is 6.24. The van der Waals surface area contributed by atoms with Gasteiger partial charge < -0.3 is 0 Å². The van der Waals surface area contributed by atoms with Crippen LogP contribution in [-0.2, 0) is 12.8 Å². The molecule has 36 heavy (non-hydrogen) atoms. The van der Waals surface area contributed by atoms with Crippen molar-refractivity contribution in [1.82, 2.24) is 0 Å². The van der Waals surface area contributed by atoms with E-state index in [4.69, 9.17) is 0 Å². The van der Waals surface area contributed by atoms with Crippen molar-refractivity contribution in [3.63, 3.8) is 0 Å². The van der Waals surface area contributed by atoms with E-state index in [0.717, 1.165) is 47.5 Å². The molecule has 0 saturated heterocycles. The molecular formula is C30H22F2O2S2. The highest BCUT2D eigenvalue weighted by Crippen LogP contribution is 2.46. The molecule has 0 atom stereocenters. The lowest BCUT2D eigenvalue weighted by Crippen LogP contribution is -2.25. The number of benzene rings is 4. The topological polar surface area (TPSA) is 34.1 Å². The molecule has 0 aliphatic heterocycles. The van der Waals surface area contributed by atoms with Gasteiger partial charge in [0.25, 0.3) is 0 Å². The normalized spacial score (nSPS) is 12.4. The second-order valence-corrected chi connectivity index (χ2v) is 10.6. The maximum atomic E-state index is 16.2. The number of fused-ring (bicyclic) bond motifs is 2. The van der Waals surface area contributed by atoms with Crippen molar-refractivity contribution < 1.29 is 18.4 Å². The summed E-state index contributed by atoms with van der Waals surface area (Å²) in [4.78, 5) is 28.0. The lowest BCUT2D eigenvalue weighted by molar-refractivity contribution is 0.0970. The van der Waals surface area contributed by atoms with Crippen LogP contribution in [0.5, 0.6) is 0 Å². The van der Waals surface area contributed by atoms with Crippen molar-refractivity contribution in [2.45, 2.75) is 46.3 Å². The Morgan fingerprint density at radius 2 is 0.944 bits per heavy atom. The largest absolute Gasteiger partial charge is 0.288 e. The van der Waals surface area contributed by atoms with Crippen LogP contribution in [0.2, 0.25) is 0 Å². The Morgan fingerprint density at radius 1 is 0.583 bits per heavy atom. The maximum Gasteiger partial charge on any atom is 0.197 e. The number of hydrogen-bond acceptors (Lipinski definition) is 4. The average molecular weight is 517 g/mol. The fraction of sp³-hybridized carbons (Fsp3) is 0.133. The first-order chi connectivity index (χ1) is 17.4. The van der Waals surface area contributed by atoms with E-state index in [1.165, 1.54) is 12.1 Å². The number of carbonyl (C=O) groups is 2. The molecule has 0 saturated carbocycles. The predicted octanol–water partition coefficient (Wildman–Crippen LogP) is 8.17. The van der Waals surface area contributed by atoms with Gasteiger partial charge in [-0.3, -0.25) is 9.59 Å². The van der Waals surface area contributed by atoms with E-state index in [2.05, 4.69) is 0 Å². The highest BCUT2D eigenvalue weighted by atomic mass is 32.2. The lowest BCUT2D eigenvalue weighted by atomic mass is 9.83. The molecule has 0 N–H and O–H groups in total. The number of halogens is 2. The zero-order valence-electron chi connectivity index (χ0n) is 19.7. The molecule has 5 rings (SSSR count). The van der Waals surface area contributed by atoms with Crippen molar-refractivity contribution in [2.75, 3.05) is 0 Å². The molecule has 0 radical (unpaired) electrons. The molecule has 0 fully saturated rings. The third kappa shape index (κ3) is 4.29. The Morgan fingerprint density at radius 3 is 1.28 bits per heavy atom. The van der Waals surface area contributed by atoms with Gasteiger partial charge in [-0.2, -0.15) is 0 Å². The molecule has 1 aliphatic carbocycles. The Balaban J connectivity index is 1.70. The van der Waals surface area contributed by atoms with Gasteiger partial charge in [-0.25, -0.2) is 8.78 Å². The Kier molecular flexibility index (Phi) is 6.82. The summed E-state index contributed by atoms with van der Waals surface area (Å²) in [5.74, 6) is -3.08. The van der Waals surface area contributed by atoms with E-state index in [0.29, 0.717) is 9.79 Å². The molecule has 2 nitrogen and oxygen atoms in total. The minimum Gasteiger partial charge on any atom is -0.288 e. The lowest BCUT2D eigenvalue weighted by Gasteiger charge is -2.22. The van der Waals surface area contributed by atoms with Crippen LogP contribution in [0.1, 0.15) is 56.8 Å². The molecule has 0 amide bonds. The fourth-order valence-electron chi connectivity index (χ4n) is 4.23. The summed E-state index contributed by atoms with van der Waals surface area (Å²) in [5.41, 5.74) is 1.45. The summed E-state index contributed by atoms with van der Waals surface area (Å²) in [6.45, 7) is 4.08. The zero-order valence-corrected chi connectivity index (χ0v) is 21.4. The Bertz CT molecular complexity index is 1380. The van der Waals surface area contributed by atoms with Crippen molar-refractivity contribution in [3.05, 3.63) is 118 Å². The molecule has 180 valence electrons. The molecule has 1 aliphatic rings. The summed E-state index contributed by atoms with van der Waals surface area (Å²) in [7, 11) is 0. The minimum atomic E-state index is -0.864. The van der Waals surface area contributed by atoms with Crippen LogP contribution >= 0.6 is 23.5 Å². The van der Waals surface area contributed by atoms with Gasteiger partial charge in [0.2, 0.25) is 0 Å². The van der Waals surface area contributed by atoms with E-state index in [1.807, 2.05) is 62.4 Å². The number of hydrogen-bond donors (Lipinski definition) is 0. The number of rotatable bonds is 6. The van der Waals surface area contributed by atoms with E-state index < -0.39 is 34.3 Å². The summed E-state index contributed by atoms with van der Waals surface area (Å²) >= 11 is 2.12. The molecule has 4 aromatic carbocycles. The van der Waals surface area contributed by atoms with Gasteiger partial charge in [0.15, 0.2) is 11.6 Å². The first kappa shape index (κ1) is 24.5. The quantitative estimate of drug-likeness (QED) is 0.228. The number of carbonyl (C=O) groups excluding carboxylic acids is 2. The van der Waals surface area contributed by atoms with E-state index >= 15 is 8.78 Å². The SMILES string of the molecule is CCc1ccc(Sc2c(F)c3c(c(F)c2Sc2ccc(CC)cc2)C(=O)c2ccccc2C3=O)cc1. The first-order valence-corrected chi connectivity index (χ1v) is 13.3. The highest BCUT2D eigenvalue weighted by Gasteiger charge is 2.38. The molecular weight excluding hydrogens is 494 g/mol. The van der Waals surface area contributed by atoms with E-state index in [-0.39, 0.29) is 20.9 Å². The van der Waals surface area contributed by atoms with Crippen LogP contribution in [0.3, 0.4) is 0 Å². The molecule has 4 aromatic rings. The van der Waals surface area contributed by atoms with Crippen molar-refractivity contribution >= 4 is 35.1 Å². The summed E-state index contributed by atoms with van der Waals surface area (Å²) in [6.07, 6.45) is 1.72. The zero-order chi connectivity index (χ0) is 25.4. The maximum absolute atomic E-state index is 16.2. The second kappa shape index (κ2) is 10.0. The Labute approximate surface area is 217 Å². The van der Waals surface area contributed by atoms with Crippen LogP contribution in [-0.4, -0.2) is 11.6 Å². The average Bonchev–Trinajstić information content (AvgIpc) is 2.92. The second-order valence-electron chi connectivity index (χ2n) is 8.44.